The Morgan fingerprint density at radius 1 is 0.966 bits per heavy atom. The molecule has 4 heterocycles. The summed E-state index contributed by atoms with van der Waals surface area (Å²) in [6.07, 6.45) is 11.1. The Morgan fingerprint density at radius 3 is 2.66 bits per heavy atom. The van der Waals surface area contributed by atoms with Gasteiger partial charge in [-0.1, -0.05) is 12.8 Å². The fourth-order valence-electron chi connectivity index (χ4n) is 3.98. The summed E-state index contributed by atoms with van der Waals surface area (Å²) in [6.45, 7) is 5.35. The summed E-state index contributed by atoms with van der Waals surface area (Å²) in [5.41, 5.74) is 1.14. The molecule has 4 bridgehead atoms. The normalized spacial score (nSPS) is 19.3. The van der Waals surface area contributed by atoms with Crippen molar-refractivity contribution in [1.82, 2.24) is 19.8 Å². The highest BCUT2D eigenvalue weighted by Crippen LogP contribution is 2.23. The number of likely N-dealkylation sites (tertiary alicyclic amines) is 1. The van der Waals surface area contributed by atoms with Crippen LogP contribution in [0.5, 0.6) is 5.88 Å². The van der Waals surface area contributed by atoms with Crippen molar-refractivity contribution >= 4 is 5.91 Å². The van der Waals surface area contributed by atoms with Crippen LogP contribution in [0.15, 0.2) is 29.0 Å². The van der Waals surface area contributed by atoms with Gasteiger partial charge in [0.15, 0.2) is 5.69 Å². The summed E-state index contributed by atoms with van der Waals surface area (Å²) >= 11 is 0. The maximum atomic E-state index is 13.2. The van der Waals surface area contributed by atoms with E-state index in [1.807, 2.05) is 17.0 Å². The summed E-state index contributed by atoms with van der Waals surface area (Å²) in [5.74, 6) is 0.940. The van der Waals surface area contributed by atoms with Crippen LogP contribution in [0.4, 0.5) is 0 Å². The molecule has 2 aliphatic heterocycles. The largest absolute Gasteiger partial charge is 0.478 e. The van der Waals surface area contributed by atoms with Crippen LogP contribution >= 0.6 is 0 Å². The zero-order chi connectivity index (χ0) is 19.9. The molecule has 0 aromatic carbocycles. The summed E-state index contributed by atoms with van der Waals surface area (Å²) in [4.78, 5) is 26.3. The van der Waals surface area contributed by atoms with Gasteiger partial charge in [0.25, 0.3) is 5.91 Å². The van der Waals surface area contributed by atoms with Gasteiger partial charge in [0.2, 0.25) is 11.8 Å². The van der Waals surface area contributed by atoms with Gasteiger partial charge in [-0.25, -0.2) is 9.97 Å². The zero-order valence-corrected chi connectivity index (χ0v) is 17.0. The third-order valence-electron chi connectivity index (χ3n) is 5.70. The zero-order valence-electron chi connectivity index (χ0n) is 17.0. The van der Waals surface area contributed by atoms with Crippen molar-refractivity contribution in [3.63, 3.8) is 0 Å². The van der Waals surface area contributed by atoms with Crippen LogP contribution in [0.2, 0.25) is 0 Å². The van der Waals surface area contributed by atoms with Gasteiger partial charge in [-0.2, -0.15) is 0 Å². The van der Waals surface area contributed by atoms with Gasteiger partial charge in [-0.05, 0) is 51.3 Å². The number of rotatable bonds is 3. The topological polar surface area (TPSA) is 71.7 Å². The van der Waals surface area contributed by atoms with Crippen LogP contribution in [0, 0.1) is 0 Å². The molecule has 0 saturated carbocycles. The van der Waals surface area contributed by atoms with E-state index >= 15 is 0 Å². The summed E-state index contributed by atoms with van der Waals surface area (Å²) < 4.78 is 11.4. The van der Waals surface area contributed by atoms with Gasteiger partial charge < -0.3 is 19.0 Å². The maximum Gasteiger partial charge on any atom is 0.275 e. The molecule has 7 heteroatoms. The minimum Gasteiger partial charge on any atom is -0.478 e. The molecule has 0 aliphatic carbocycles. The number of piperidine rings is 1. The first-order valence-corrected chi connectivity index (χ1v) is 10.9. The number of fused-ring (bicyclic) bond motifs is 5. The average molecular weight is 399 g/mol. The predicted octanol–water partition coefficient (Wildman–Crippen LogP) is 3.62. The average Bonchev–Trinajstić information content (AvgIpc) is 3.25. The molecule has 7 nitrogen and oxygen atoms in total. The number of oxazole rings is 1. The number of pyridine rings is 1. The Morgan fingerprint density at radius 2 is 1.76 bits per heavy atom. The first-order valence-electron chi connectivity index (χ1n) is 10.9. The van der Waals surface area contributed by atoms with Crippen LogP contribution in [0.3, 0.4) is 0 Å². The molecule has 0 N–H and O–H groups in total. The van der Waals surface area contributed by atoms with E-state index in [0.29, 0.717) is 24.1 Å². The molecule has 2 aromatic heterocycles. The van der Waals surface area contributed by atoms with Gasteiger partial charge in [0.1, 0.15) is 6.26 Å². The van der Waals surface area contributed by atoms with Gasteiger partial charge in [-0.15, -0.1) is 0 Å². The highest BCUT2D eigenvalue weighted by molar-refractivity contribution is 5.92. The van der Waals surface area contributed by atoms with E-state index in [2.05, 4.69) is 14.9 Å². The van der Waals surface area contributed by atoms with Gasteiger partial charge in [-0.3, -0.25) is 4.79 Å². The smallest absolute Gasteiger partial charge is 0.275 e. The lowest BCUT2D eigenvalue weighted by Gasteiger charge is -2.30. The fraction of sp³-hybridized carbons (Fsp3) is 0.591. The molecule has 0 unspecified atom stereocenters. The number of carbonyl (C=O) groups excluding carboxylic acids is 1. The number of aromatic nitrogens is 2. The van der Waals surface area contributed by atoms with E-state index in [1.165, 1.54) is 25.5 Å². The van der Waals surface area contributed by atoms with Crippen LogP contribution in [0.25, 0.3) is 11.5 Å². The second-order valence-corrected chi connectivity index (χ2v) is 7.88. The Balaban J connectivity index is 1.50. The van der Waals surface area contributed by atoms with E-state index < -0.39 is 0 Å². The Kier molecular flexibility index (Phi) is 6.77. The fourth-order valence-corrected chi connectivity index (χ4v) is 3.98. The summed E-state index contributed by atoms with van der Waals surface area (Å²) in [5, 5.41) is 0. The van der Waals surface area contributed by atoms with Gasteiger partial charge >= 0.3 is 0 Å². The van der Waals surface area contributed by atoms with Crippen molar-refractivity contribution in [1.29, 1.82) is 0 Å². The van der Waals surface area contributed by atoms with Crippen molar-refractivity contribution < 1.29 is 13.9 Å². The lowest BCUT2D eigenvalue weighted by Crippen LogP contribution is -2.41. The van der Waals surface area contributed by atoms with E-state index in [-0.39, 0.29) is 5.91 Å². The van der Waals surface area contributed by atoms with Gasteiger partial charge in [0.05, 0.1) is 6.61 Å². The number of hydrogen-bond donors (Lipinski definition) is 0. The Hall–Kier alpha value is -2.41. The van der Waals surface area contributed by atoms with Crippen LogP contribution < -0.4 is 4.74 Å². The van der Waals surface area contributed by atoms with Crippen molar-refractivity contribution in [2.75, 3.05) is 39.3 Å². The molecular weight excluding hydrogens is 368 g/mol. The van der Waals surface area contributed by atoms with Crippen molar-refractivity contribution in [2.45, 2.75) is 44.9 Å². The minimum atomic E-state index is -0.0441. The highest BCUT2D eigenvalue weighted by atomic mass is 16.5. The number of carbonyl (C=O) groups is 1. The summed E-state index contributed by atoms with van der Waals surface area (Å²) in [6, 6.07) is 3.63. The molecule has 29 heavy (non-hydrogen) atoms. The number of amides is 1. The molecule has 2 aliphatic rings. The van der Waals surface area contributed by atoms with Crippen LogP contribution in [-0.4, -0.2) is 65.0 Å². The first kappa shape index (κ1) is 19.9. The molecule has 0 atom stereocenters. The summed E-state index contributed by atoms with van der Waals surface area (Å²) in [7, 11) is 0. The van der Waals surface area contributed by atoms with Crippen LogP contribution in [0.1, 0.15) is 55.4 Å². The molecule has 156 valence electrons. The van der Waals surface area contributed by atoms with E-state index in [0.717, 1.165) is 64.0 Å². The monoisotopic (exact) mass is 398 g/mol. The lowest BCUT2D eigenvalue weighted by molar-refractivity contribution is 0.0719. The standard InChI is InChI=1S/C22H30N4O3/c27-22-19-17-29-21(24-19)18-8-9-23-20(16-18)28-15-7-2-1-6-12-26(22)14-13-25-10-4-3-5-11-25/h8-9,16-17H,1-7,10-15H2. The van der Waals surface area contributed by atoms with E-state index in [4.69, 9.17) is 9.15 Å². The van der Waals surface area contributed by atoms with Gasteiger partial charge in [0, 0.05) is 37.5 Å². The lowest BCUT2D eigenvalue weighted by atomic mass is 10.1. The number of ether oxygens (including phenoxy) is 1. The minimum absolute atomic E-state index is 0.0441. The SMILES string of the molecule is O=C1c2coc(n2)-c2ccnc(c2)OCCCCCCN1CCN1CCCCC1. The second-order valence-electron chi connectivity index (χ2n) is 7.88. The quantitative estimate of drug-likeness (QED) is 0.786. The maximum absolute atomic E-state index is 13.2. The molecule has 2 aromatic rings. The number of nitrogens with zero attached hydrogens (tertiary/aromatic N) is 4. The molecule has 1 saturated heterocycles. The predicted molar refractivity (Wildman–Crippen MR) is 110 cm³/mol. The van der Waals surface area contributed by atoms with Crippen molar-refractivity contribution in [3.05, 3.63) is 30.3 Å². The molecule has 0 spiro atoms. The molecule has 1 fully saturated rings. The van der Waals surface area contributed by atoms with Crippen molar-refractivity contribution in [3.8, 4) is 17.3 Å². The molecule has 4 rings (SSSR count). The molecule has 1 amide bonds. The third-order valence-corrected chi connectivity index (χ3v) is 5.70. The Bertz CT molecular complexity index is 801. The van der Waals surface area contributed by atoms with E-state index in [1.54, 1.807) is 6.20 Å². The van der Waals surface area contributed by atoms with Crippen LogP contribution in [-0.2, 0) is 0 Å². The molecular formula is C22H30N4O3. The Labute approximate surface area is 172 Å². The van der Waals surface area contributed by atoms with Crippen molar-refractivity contribution in [2.24, 2.45) is 0 Å². The highest BCUT2D eigenvalue weighted by Gasteiger charge is 2.22. The first-order chi connectivity index (χ1) is 14.3. The second kappa shape index (κ2) is 9.87. The molecule has 0 radical (unpaired) electrons. The third kappa shape index (κ3) is 5.35. The number of hydrogen-bond acceptors (Lipinski definition) is 6. The van der Waals surface area contributed by atoms with E-state index in [9.17, 15) is 4.79 Å².